The van der Waals surface area contributed by atoms with Crippen molar-refractivity contribution >= 4 is 34.8 Å². The number of hydrogen-bond donors (Lipinski definition) is 1. The lowest BCUT2D eigenvalue weighted by Crippen LogP contribution is -2.45. The predicted molar refractivity (Wildman–Crippen MR) is 84.5 cm³/mol. The molecule has 1 aliphatic rings. The Morgan fingerprint density at radius 3 is 2.35 bits per heavy atom. The topological polar surface area (TPSA) is 32.3 Å². The Balaban J connectivity index is 1.97. The van der Waals surface area contributed by atoms with E-state index < -0.39 is 0 Å². The molecule has 0 aromatic heterocycles. The molecule has 1 heterocycles. The zero-order valence-electron chi connectivity index (χ0n) is 11.8. The maximum atomic E-state index is 12.3. The molecule has 0 spiro atoms. The van der Waals surface area contributed by atoms with Crippen molar-refractivity contribution in [3.05, 3.63) is 28.2 Å². The van der Waals surface area contributed by atoms with Crippen molar-refractivity contribution < 1.29 is 4.79 Å². The van der Waals surface area contributed by atoms with Gasteiger partial charge in [-0.2, -0.15) is 0 Å². The number of benzene rings is 1. The summed E-state index contributed by atoms with van der Waals surface area (Å²) in [5.41, 5.74) is 0.643. The lowest BCUT2D eigenvalue weighted by Gasteiger charge is -2.34. The van der Waals surface area contributed by atoms with E-state index in [1.165, 1.54) is 0 Å². The number of halogens is 2. The highest BCUT2D eigenvalue weighted by Gasteiger charge is 2.25. The molecule has 2 rings (SSSR count). The van der Waals surface area contributed by atoms with Gasteiger partial charge in [0.2, 0.25) is 5.91 Å². The van der Waals surface area contributed by atoms with E-state index in [2.05, 4.69) is 17.1 Å². The van der Waals surface area contributed by atoms with E-state index in [1.807, 2.05) is 6.92 Å². The molecule has 1 aromatic rings. The first-order chi connectivity index (χ1) is 9.45. The third-order valence-electron chi connectivity index (χ3n) is 3.88. The summed E-state index contributed by atoms with van der Waals surface area (Å²) < 4.78 is 0. The number of carbonyl (C=O) groups excluding carboxylic acids is 1. The number of amides is 1. The Labute approximate surface area is 130 Å². The van der Waals surface area contributed by atoms with E-state index in [9.17, 15) is 4.79 Å². The van der Waals surface area contributed by atoms with Crippen LogP contribution < -0.4 is 5.32 Å². The normalized spacial score (nSPS) is 18.8. The molecule has 110 valence electrons. The third kappa shape index (κ3) is 4.11. The summed E-state index contributed by atoms with van der Waals surface area (Å²) in [6, 6.07) is 4.92. The lowest BCUT2D eigenvalue weighted by molar-refractivity contribution is -0.121. The lowest BCUT2D eigenvalue weighted by atomic mass is 9.98. The van der Waals surface area contributed by atoms with E-state index in [0.717, 1.165) is 31.8 Å². The summed E-state index contributed by atoms with van der Waals surface area (Å²) in [5, 5.41) is 3.92. The molecule has 1 aliphatic heterocycles. The molecule has 1 amide bonds. The smallest absolute Gasteiger partial charge is 0.241 e. The fourth-order valence-electron chi connectivity index (χ4n) is 2.45. The first-order valence-corrected chi connectivity index (χ1v) is 7.72. The standard InChI is InChI=1S/C15H20Cl2N2O/c1-10-3-5-19(6-4-10)11(2)15(20)18-14-8-12(16)7-13(17)9-14/h7-11H,3-6H2,1-2H3,(H,18,20). The van der Waals surface area contributed by atoms with Crippen molar-refractivity contribution in [3.63, 3.8) is 0 Å². The number of piperidine rings is 1. The summed E-state index contributed by atoms with van der Waals surface area (Å²) in [6.45, 7) is 6.16. The number of nitrogens with zero attached hydrogens (tertiary/aromatic N) is 1. The molecule has 1 fully saturated rings. The maximum Gasteiger partial charge on any atom is 0.241 e. The molecule has 3 nitrogen and oxygen atoms in total. The van der Waals surface area contributed by atoms with Gasteiger partial charge in [0, 0.05) is 15.7 Å². The minimum atomic E-state index is -0.139. The van der Waals surface area contributed by atoms with Crippen LogP contribution in [0.1, 0.15) is 26.7 Å². The van der Waals surface area contributed by atoms with Crippen LogP contribution in [0, 0.1) is 5.92 Å². The van der Waals surface area contributed by atoms with Crippen molar-refractivity contribution in [2.75, 3.05) is 18.4 Å². The molecule has 1 unspecified atom stereocenters. The highest BCUT2D eigenvalue weighted by Crippen LogP contribution is 2.23. The van der Waals surface area contributed by atoms with Crippen molar-refractivity contribution in [2.24, 2.45) is 5.92 Å². The van der Waals surface area contributed by atoms with Crippen LogP contribution in [0.25, 0.3) is 0 Å². The quantitative estimate of drug-likeness (QED) is 0.912. The molecule has 1 aromatic carbocycles. The average Bonchev–Trinajstić information content (AvgIpc) is 2.37. The molecule has 1 atom stereocenters. The summed E-state index contributed by atoms with van der Waals surface area (Å²) >= 11 is 11.9. The molecule has 0 bridgehead atoms. The number of rotatable bonds is 3. The van der Waals surface area contributed by atoms with Crippen molar-refractivity contribution in [3.8, 4) is 0 Å². The number of likely N-dealkylation sites (tertiary alicyclic amines) is 1. The molecule has 1 N–H and O–H groups in total. The summed E-state index contributed by atoms with van der Waals surface area (Å²) in [5.74, 6) is 0.742. The van der Waals surface area contributed by atoms with Crippen LogP contribution in [0.5, 0.6) is 0 Å². The molecular formula is C15H20Cl2N2O. The minimum Gasteiger partial charge on any atom is -0.325 e. The molecule has 5 heteroatoms. The molecule has 0 aliphatic carbocycles. The van der Waals surface area contributed by atoms with Gasteiger partial charge in [0.05, 0.1) is 6.04 Å². The highest BCUT2D eigenvalue weighted by molar-refractivity contribution is 6.35. The van der Waals surface area contributed by atoms with Gasteiger partial charge in [-0.1, -0.05) is 30.1 Å². The van der Waals surface area contributed by atoms with Crippen molar-refractivity contribution in [1.82, 2.24) is 4.90 Å². The third-order valence-corrected chi connectivity index (χ3v) is 4.31. The number of anilines is 1. The monoisotopic (exact) mass is 314 g/mol. The summed E-state index contributed by atoms with van der Waals surface area (Å²) in [7, 11) is 0. The van der Waals surface area contributed by atoms with Gasteiger partial charge in [-0.3, -0.25) is 9.69 Å². The number of nitrogens with one attached hydrogen (secondary N) is 1. The van der Waals surface area contributed by atoms with Gasteiger partial charge in [0.25, 0.3) is 0 Å². The number of carbonyl (C=O) groups is 1. The Morgan fingerprint density at radius 1 is 1.25 bits per heavy atom. The molecular weight excluding hydrogens is 295 g/mol. The summed E-state index contributed by atoms with van der Waals surface area (Å²) in [6.07, 6.45) is 2.31. The van der Waals surface area contributed by atoms with Crippen LogP contribution in [0.2, 0.25) is 10.0 Å². The van der Waals surface area contributed by atoms with Gasteiger partial charge in [0.15, 0.2) is 0 Å². The average molecular weight is 315 g/mol. The van der Waals surface area contributed by atoms with Gasteiger partial charge in [-0.05, 0) is 57.0 Å². The van der Waals surface area contributed by atoms with Crippen molar-refractivity contribution in [2.45, 2.75) is 32.7 Å². The predicted octanol–water partition coefficient (Wildman–Crippen LogP) is 4.05. The van der Waals surface area contributed by atoms with Crippen LogP contribution in [-0.2, 0) is 4.79 Å². The fourth-order valence-corrected chi connectivity index (χ4v) is 2.98. The second-order valence-corrected chi connectivity index (χ2v) is 6.41. The summed E-state index contributed by atoms with van der Waals surface area (Å²) in [4.78, 5) is 14.5. The largest absolute Gasteiger partial charge is 0.325 e. The SMILES string of the molecule is CC1CCN(C(C)C(=O)Nc2cc(Cl)cc(Cl)c2)CC1. The molecule has 1 saturated heterocycles. The molecule has 0 radical (unpaired) electrons. The van der Waals surface area contributed by atoms with Crippen LogP contribution in [0.4, 0.5) is 5.69 Å². The van der Waals surface area contributed by atoms with Crippen LogP contribution in [0.15, 0.2) is 18.2 Å². The maximum absolute atomic E-state index is 12.3. The second kappa shape index (κ2) is 6.79. The van der Waals surface area contributed by atoms with Gasteiger partial charge in [0.1, 0.15) is 0 Å². The Kier molecular flexibility index (Phi) is 5.30. The van der Waals surface area contributed by atoms with E-state index in [-0.39, 0.29) is 11.9 Å². The van der Waals surface area contributed by atoms with E-state index >= 15 is 0 Å². The van der Waals surface area contributed by atoms with Crippen LogP contribution >= 0.6 is 23.2 Å². The van der Waals surface area contributed by atoms with E-state index in [1.54, 1.807) is 18.2 Å². The Hall–Kier alpha value is -0.770. The molecule has 0 saturated carbocycles. The minimum absolute atomic E-state index is 0.0158. The Morgan fingerprint density at radius 2 is 1.80 bits per heavy atom. The first kappa shape index (κ1) is 15.6. The zero-order chi connectivity index (χ0) is 14.7. The molecule has 20 heavy (non-hydrogen) atoms. The fraction of sp³-hybridized carbons (Fsp3) is 0.533. The number of hydrogen-bond acceptors (Lipinski definition) is 2. The van der Waals surface area contributed by atoms with Gasteiger partial charge in [-0.15, -0.1) is 0 Å². The first-order valence-electron chi connectivity index (χ1n) is 6.96. The van der Waals surface area contributed by atoms with Crippen molar-refractivity contribution in [1.29, 1.82) is 0 Å². The van der Waals surface area contributed by atoms with Gasteiger partial charge < -0.3 is 5.32 Å². The van der Waals surface area contributed by atoms with Gasteiger partial charge in [-0.25, -0.2) is 0 Å². The van der Waals surface area contributed by atoms with E-state index in [4.69, 9.17) is 23.2 Å². The van der Waals surface area contributed by atoms with Gasteiger partial charge >= 0.3 is 0 Å². The second-order valence-electron chi connectivity index (χ2n) is 5.54. The van der Waals surface area contributed by atoms with Crippen LogP contribution in [-0.4, -0.2) is 29.9 Å². The zero-order valence-corrected chi connectivity index (χ0v) is 13.3. The Bertz CT molecular complexity index is 465. The highest BCUT2D eigenvalue weighted by atomic mass is 35.5. The van der Waals surface area contributed by atoms with E-state index in [0.29, 0.717) is 15.7 Å². The van der Waals surface area contributed by atoms with Crippen LogP contribution in [0.3, 0.4) is 0 Å².